The number of nitrogens with one attached hydrogen (secondary N) is 1. The van der Waals surface area contributed by atoms with Crippen LogP contribution in [0.5, 0.6) is 11.6 Å². The Morgan fingerprint density at radius 1 is 1.35 bits per heavy atom. The van der Waals surface area contributed by atoms with Crippen molar-refractivity contribution in [3.8, 4) is 11.6 Å². The number of rotatable bonds is 3. The third-order valence-corrected chi connectivity index (χ3v) is 2.06. The fourth-order valence-electron chi connectivity index (χ4n) is 1.27. The zero-order valence-corrected chi connectivity index (χ0v) is 9.14. The van der Waals surface area contributed by atoms with Gasteiger partial charge in [0.2, 0.25) is 5.88 Å². The zero-order chi connectivity index (χ0) is 12.3. The molecule has 0 atom stereocenters. The van der Waals surface area contributed by atoms with Crippen molar-refractivity contribution >= 4 is 5.82 Å². The van der Waals surface area contributed by atoms with Crippen molar-refractivity contribution in [3.63, 3.8) is 0 Å². The number of benzene rings is 1. The molecule has 3 N–H and O–H groups in total. The summed E-state index contributed by atoms with van der Waals surface area (Å²) in [5.41, 5.74) is 3.22. The maximum atomic E-state index is 13.4. The normalized spacial score (nSPS) is 10.1. The Hall–Kier alpha value is -2.21. The second-order valence-corrected chi connectivity index (χ2v) is 3.42. The number of hydrazine groups is 1. The minimum Gasteiger partial charge on any atom is -0.434 e. The molecule has 0 saturated carbocycles. The smallest absolute Gasteiger partial charge is 0.239 e. The van der Waals surface area contributed by atoms with Gasteiger partial charge >= 0.3 is 0 Å². The van der Waals surface area contributed by atoms with E-state index in [9.17, 15) is 4.39 Å². The van der Waals surface area contributed by atoms with Crippen LogP contribution in [0.25, 0.3) is 0 Å². The molecule has 2 aromatic rings. The molecule has 0 radical (unpaired) electrons. The molecule has 0 unspecified atom stereocenters. The first-order valence-corrected chi connectivity index (χ1v) is 4.91. The van der Waals surface area contributed by atoms with Crippen molar-refractivity contribution in [2.24, 2.45) is 5.84 Å². The van der Waals surface area contributed by atoms with Crippen LogP contribution in [0.15, 0.2) is 30.6 Å². The van der Waals surface area contributed by atoms with Gasteiger partial charge in [-0.2, -0.15) is 4.98 Å². The topological polar surface area (TPSA) is 73.1 Å². The zero-order valence-electron chi connectivity index (χ0n) is 9.14. The number of halogens is 1. The molecule has 0 bridgehead atoms. The van der Waals surface area contributed by atoms with E-state index in [0.29, 0.717) is 5.82 Å². The molecular formula is C11H11FN4O. The van der Waals surface area contributed by atoms with Crippen molar-refractivity contribution in [2.45, 2.75) is 6.92 Å². The second kappa shape index (κ2) is 4.75. The lowest BCUT2D eigenvalue weighted by Gasteiger charge is -2.07. The molecule has 0 saturated heterocycles. The molecule has 0 fully saturated rings. The Kier molecular flexibility index (Phi) is 3.15. The van der Waals surface area contributed by atoms with Crippen LogP contribution in [-0.4, -0.2) is 9.97 Å². The van der Waals surface area contributed by atoms with Crippen LogP contribution >= 0.6 is 0 Å². The van der Waals surface area contributed by atoms with Crippen molar-refractivity contribution in [2.75, 3.05) is 5.43 Å². The molecule has 6 heteroatoms. The van der Waals surface area contributed by atoms with E-state index in [1.807, 2.05) is 6.92 Å². The van der Waals surface area contributed by atoms with Crippen molar-refractivity contribution in [3.05, 3.63) is 42.0 Å². The van der Waals surface area contributed by atoms with E-state index in [4.69, 9.17) is 10.6 Å². The van der Waals surface area contributed by atoms with E-state index in [1.54, 1.807) is 12.1 Å². The Morgan fingerprint density at radius 2 is 2.18 bits per heavy atom. The molecule has 0 spiro atoms. The first-order valence-electron chi connectivity index (χ1n) is 4.91. The van der Waals surface area contributed by atoms with Crippen molar-refractivity contribution < 1.29 is 9.13 Å². The first-order chi connectivity index (χ1) is 8.19. The van der Waals surface area contributed by atoms with Gasteiger partial charge in [-0.3, -0.25) is 4.98 Å². The number of anilines is 1. The lowest BCUT2D eigenvalue weighted by molar-refractivity contribution is 0.425. The molecule has 1 aromatic carbocycles. The minimum absolute atomic E-state index is 0.105. The molecule has 88 valence electrons. The highest BCUT2D eigenvalue weighted by atomic mass is 19.1. The largest absolute Gasteiger partial charge is 0.434 e. The quantitative estimate of drug-likeness (QED) is 0.627. The third kappa shape index (κ3) is 2.67. The molecule has 17 heavy (non-hydrogen) atoms. The predicted molar refractivity (Wildman–Crippen MR) is 61.1 cm³/mol. The number of hydrogen-bond donors (Lipinski definition) is 2. The van der Waals surface area contributed by atoms with Gasteiger partial charge in [-0.1, -0.05) is 6.07 Å². The Labute approximate surface area is 97.4 Å². The Morgan fingerprint density at radius 3 is 2.94 bits per heavy atom. The number of hydrogen-bond acceptors (Lipinski definition) is 5. The van der Waals surface area contributed by atoms with E-state index in [2.05, 4.69) is 15.4 Å². The summed E-state index contributed by atoms with van der Waals surface area (Å²) in [6.07, 6.45) is 2.81. The van der Waals surface area contributed by atoms with Gasteiger partial charge in [-0.25, -0.2) is 10.2 Å². The van der Waals surface area contributed by atoms with Gasteiger partial charge in [0.1, 0.15) is 0 Å². The second-order valence-electron chi connectivity index (χ2n) is 3.42. The van der Waals surface area contributed by atoms with Crippen LogP contribution < -0.4 is 16.0 Å². The summed E-state index contributed by atoms with van der Waals surface area (Å²) in [6, 6.07) is 4.58. The van der Waals surface area contributed by atoms with Gasteiger partial charge in [0.25, 0.3) is 0 Å². The summed E-state index contributed by atoms with van der Waals surface area (Å²) in [5.74, 6) is 5.35. The molecule has 0 aliphatic rings. The monoisotopic (exact) mass is 234 g/mol. The average Bonchev–Trinajstić information content (AvgIpc) is 2.34. The van der Waals surface area contributed by atoms with E-state index >= 15 is 0 Å². The molecule has 0 aliphatic heterocycles. The predicted octanol–water partition coefficient (Wildman–Crippen LogP) is 2.00. The SMILES string of the molecule is Cc1ccc(F)c(Oc2cncc(NN)n2)c1. The number of aryl methyl sites for hydroxylation is 1. The average molecular weight is 234 g/mol. The summed E-state index contributed by atoms with van der Waals surface area (Å²) in [6.45, 7) is 1.84. The van der Waals surface area contributed by atoms with Gasteiger partial charge < -0.3 is 10.2 Å². The Bertz CT molecular complexity index is 533. The van der Waals surface area contributed by atoms with Crippen LogP contribution in [0.3, 0.4) is 0 Å². The highest BCUT2D eigenvalue weighted by Crippen LogP contribution is 2.24. The van der Waals surface area contributed by atoms with Crippen LogP contribution in [0.4, 0.5) is 10.2 Å². The molecule has 5 nitrogen and oxygen atoms in total. The van der Waals surface area contributed by atoms with Gasteiger partial charge in [0, 0.05) is 0 Å². The van der Waals surface area contributed by atoms with Gasteiger partial charge in [0.05, 0.1) is 12.4 Å². The van der Waals surface area contributed by atoms with E-state index in [0.717, 1.165) is 5.56 Å². The maximum absolute atomic E-state index is 13.4. The van der Waals surface area contributed by atoms with E-state index in [-0.39, 0.29) is 11.6 Å². The molecule has 0 aliphatic carbocycles. The molecule has 2 rings (SSSR count). The van der Waals surface area contributed by atoms with E-state index in [1.165, 1.54) is 18.5 Å². The minimum atomic E-state index is -0.455. The van der Waals surface area contributed by atoms with Crippen LogP contribution in [0.2, 0.25) is 0 Å². The number of aromatic nitrogens is 2. The lowest BCUT2D eigenvalue weighted by Crippen LogP contribution is -2.09. The van der Waals surface area contributed by atoms with Crippen LogP contribution in [-0.2, 0) is 0 Å². The number of nitrogens with zero attached hydrogens (tertiary/aromatic N) is 2. The maximum Gasteiger partial charge on any atom is 0.239 e. The molecule has 1 heterocycles. The number of nitrogen functional groups attached to an aromatic ring is 1. The standard InChI is InChI=1S/C11H11FN4O/c1-7-2-3-8(12)9(4-7)17-11-6-14-5-10(15-11)16-13/h2-6H,13H2,1H3,(H,15,16). The summed E-state index contributed by atoms with van der Waals surface area (Å²) < 4.78 is 18.7. The van der Waals surface area contributed by atoms with Gasteiger partial charge in [-0.15, -0.1) is 0 Å². The highest BCUT2D eigenvalue weighted by molar-refractivity contribution is 5.35. The third-order valence-electron chi connectivity index (χ3n) is 2.06. The summed E-state index contributed by atoms with van der Waals surface area (Å²) in [7, 11) is 0. The molecular weight excluding hydrogens is 223 g/mol. The fraction of sp³-hybridized carbons (Fsp3) is 0.0909. The van der Waals surface area contributed by atoms with Crippen molar-refractivity contribution in [1.29, 1.82) is 0 Å². The molecule has 1 aromatic heterocycles. The Balaban J connectivity index is 2.27. The lowest BCUT2D eigenvalue weighted by atomic mass is 10.2. The molecule has 0 amide bonds. The van der Waals surface area contributed by atoms with Crippen molar-refractivity contribution in [1.82, 2.24) is 9.97 Å². The van der Waals surface area contributed by atoms with Crippen LogP contribution in [0.1, 0.15) is 5.56 Å². The summed E-state index contributed by atoms with van der Waals surface area (Å²) in [5, 5.41) is 0. The summed E-state index contributed by atoms with van der Waals surface area (Å²) >= 11 is 0. The fourth-order valence-corrected chi connectivity index (χ4v) is 1.27. The van der Waals surface area contributed by atoms with Crippen LogP contribution in [0, 0.1) is 12.7 Å². The highest BCUT2D eigenvalue weighted by Gasteiger charge is 2.06. The van der Waals surface area contributed by atoms with Gasteiger partial charge in [-0.05, 0) is 24.6 Å². The van der Waals surface area contributed by atoms with E-state index < -0.39 is 5.82 Å². The summed E-state index contributed by atoms with van der Waals surface area (Å²) in [4.78, 5) is 7.82. The van der Waals surface area contributed by atoms with Gasteiger partial charge in [0.15, 0.2) is 17.4 Å². The number of ether oxygens (including phenoxy) is 1. The first kappa shape index (κ1) is 11.3. The number of nitrogens with two attached hydrogens (primary N) is 1.